The van der Waals surface area contributed by atoms with E-state index in [0.717, 1.165) is 21.3 Å². The van der Waals surface area contributed by atoms with Gasteiger partial charge in [0, 0.05) is 6.42 Å². The number of methoxy groups -OCH3 is 3. The van der Waals surface area contributed by atoms with Crippen LogP contribution in [0.15, 0.2) is 6.07 Å². The molecule has 1 aliphatic rings. The van der Waals surface area contributed by atoms with Crippen molar-refractivity contribution in [2.75, 3.05) is 27.9 Å². The van der Waals surface area contributed by atoms with Gasteiger partial charge in [-0.25, -0.2) is 19.2 Å². The molecule has 1 aromatic carbocycles. The molecule has 0 spiro atoms. The fourth-order valence-corrected chi connectivity index (χ4v) is 2.39. The van der Waals surface area contributed by atoms with Crippen molar-refractivity contribution in [3.8, 4) is 0 Å². The molecule has 0 saturated carbocycles. The second-order valence-corrected chi connectivity index (χ2v) is 4.57. The van der Waals surface area contributed by atoms with Gasteiger partial charge in [-0.3, -0.25) is 0 Å². The van der Waals surface area contributed by atoms with E-state index in [1.165, 1.54) is 6.07 Å². The first kappa shape index (κ1) is 16.5. The van der Waals surface area contributed by atoms with Gasteiger partial charge in [0.2, 0.25) is 0 Å². The van der Waals surface area contributed by atoms with Crippen LogP contribution in [0.2, 0.25) is 0 Å². The van der Waals surface area contributed by atoms with Crippen LogP contribution < -0.4 is 0 Å². The van der Waals surface area contributed by atoms with Crippen LogP contribution >= 0.6 is 0 Å². The summed E-state index contributed by atoms with van der Waals surface area (Å²) < 4.78 is 18.8. The Hall–Kier alpha value is -2.90. The summed E-state index contributed by atoms with van der Waals surface area (Å²) in [5, 5.41) is 0. The van der Waals surface area contributed by atoms with Crippen molar-refractivity contribution in [2.45, 2.75) is 6.42 Å². The van der Waals surface area contributed by atoms with E-state index in [0.29, 0.717) is 5.56 Å². The maximum atomic E-state index is 12.1. The van der Waals surface area contributed by atoms with Crippen molar-refractivity contribution in [3.05, 3.63) is 33.9 Å². The lowest BCUT2D eigenvalue weighted by atomic mass is 9.89. The van der Waals surface area contributed by atoms with Gasteiger partial charge in [0.15, 0.2) is 0 Å². The van der Waals surface area contributed by atoms with E-state index in [1.807, 2.05) is 0 Å². The summed E-state index contributed by atoms with van der Waals surface area (Å²) in [6, 6.07) is 1.33. The van der Waals surface area contributed by atoms with E-state index in [-0.39, 0.29) is 35.3 Å². The highest BCUT2D eigenvalue weighted by atomic mass is 16.5. The van der Waals surface area contributed by atoms with Crippen LogP contribution in [-0.4, -0.2) is 51.8 Å². The number of carbonyl (C=O) groups excluding carboxylic acids is 4. The standard InChI is InChI=1S/C15H14O8/c1-20-12(16)8-6-7-4-5-23-15(19)9(7)11(14(18)22-3)10(8)13(17)21-2/h6H,4-5H2,1-3H3. The number of esters is 4. The van der Waals surface area contributed by atoms with E-state index >= 15 is 0 Å². The number of rotatable bonds is 3. The molecular formula is C15H14O8. The van der Waals surface area contributed by atoms with E-state index in [4.69, 9.17) is 4.74 Å². The minimum Gasteiger partial charge on any atom is -0.465 e. The van der Waals surface area contributed by atoms with Crippen LogP contribution in [0.4, 0.5) is 0 Å². The van der Waals surface area contributed by atoms with Crippen molar-refractivity contribution in [1.82, 2.24) is 0 Å². The zero-order valence-corrected chi connectivity index (χ0v) is 12.8. The van der Waals surface area contributed by atoms with Crippen LogP contribution in [0.3, 0.4) is 0 Å². The largest absolute Gasteiger partial charge is 0.465 e. The van der Waals surface area contributed by atoms with Crippen LogP contribution in [0.1, 0.15) is 47.0 Å². The van der Waals surface area contributed by atoms with Crippen molar-refractivity contribution in [1.29, 1.82) is 0 Å². The molecule has 8 heteroatoms. The fourth-order valence-electron chi connectivity index (χ4n) is 2.39. The molecule has 1 heterocycles. The van der Waals surface area contributed by atoms with Gasteiger partial charge in [-0.05, 0) is 11.6 Å². The Kier molecular flexibility index (Phi) is 4.63. The second kappa shape index (κ2) is 6.47. The lowest BCUT2D eigenvalue weighted by molar-refractivity contribution is 0.0454. The van der Waals surface area contributed by atoms with Crippen molar-refractivity contribution in [3.63, 3.8) is 0 Å². The fraction of sp³-hybridized carbons (Fsp3) is 0.333. The third kappa shape index (κ3) is 2.75. The number of hydrogen-bond donors (Lipinski definition) is 0. The summed E-state index contributed by atoms with van der Waals surface area (Å²) in [5.41, 5.74) is -0.621. The van der Waals surface area contributed by atoms with Gasteiger partial charge in [-0.15, -0.1) is 0 Å². The topological polar surface area (TPSA) is 105 Å². The molecule has 0 amide bonds. The summed E-state index contributed by atoms with van der Waals surface area (Å²) in [6.07, 6.45) is 0.288. The minimum atomic E-state index is -0.966. The lowest BCUT2D eigenvalue weighted by Gasteiger charge is -2.21. The molecule has 0 saturated heterocycles. The minimum absolute atomic E-state index is 0.101. The highest BCUT2D eigenvalue weighted by molar-refractivity contribution is 6.15. The van der Waals surface area contributed by atoms with E-state index in [9.17, 15) is 19.2 Å². The molecule has 1 aromatic rings. The molecule has 8 nitrogen and oxygen atoms in total. The van der Waals surface area contributed by atoms with Gasteiger partial charge < -0.3 is 18.9 Å². The predicted octanol–water partition coefficient (Wildman–Crippen LogP) is 0.759. The molecule has 0 N–H and O–H groups in total. The Morgan fingerprint density at radius 3 is 2.09 bits per heavy atom. The maximum Gasteiger partial charge on any atom is 0.339 e. The third-order valence-corrected chi connectivity index (χ3v) is 3.40. The average Bonchev–Trinajstić information content (AvgIpc) is 2.58. The molecule has 23 heavy (non-hydrogen) atoms. The Morgan fingerprint density at radius 2 is 1.52 bits per heavy atom. The van der Waals surface area contributed by atoms with Gasteiger partial charge >= 0.3 is 23.9 Å². The van der Waals surface area contributed by atoms with E-state index < -0.39 is 23.9 Å². The molecule has 0 unspecified atom stereocenters. The first-order valence-electron chi connectivity index (χ1n) is 6.58. The zero-order valence-electron chi connectivity index (χ0n) is 12.8. The molecule has 122 valence electrons. The molecule has 2 rings (SSSR count). The zero-order chi connectivity index (χ0) is 17.1. The molecule has 0 radical (unpaired) electrons. The van der Waals surface area contributed by atoms with Gasteiger partial charge in [0.1, 0.15) is 0 Å². The molecule has 0 aliphatic carbocycles. The average molecular weight is 322 g/mol. The Bertz CT molecular complexity index is 704. The monoisotopic (exact) mass is 322 g/mol. The van der Waals surface area contributed by atoms with Crippen LogP contribution in [0, 0.1) is 0 Å². The Balaban J connectivity index is 2.91. The molecule has 0 fully saturated rings. The predicted molar refractivity (Wildman–Crippen MR) is 74.4 cm³/mol. The number of carbonyl (C=O) groups is 4. The van der Waals surface area contributed by atoms with E-state index in [1.54, 1.807) is 0 Å². The molecule has 1 aliphatic heterocycles. The summed E-state index contributed by atoms with van der Waals surface area (Å²) in [7, 11) is 3.31. The summed E-state index contributed by atoms with van der Waals surface area (Å²) in [4.78, 5) is 48.3. The second-order valence-electron chi connectivity index (χ2n) is 4.57. The van der Waals surface area contributed by atoms with Gasteiger partial charge in [-0.2, -0.15) is 0 Å². The lowest BCUT2D eigenvalue weighted by Crippen LogP contribution is -2.27. The number of hydrogen-bond acceptors (Lipinski definition) is 8. The third-order valence-electron chi connectivity index (χ3n) is 3.40. The van der Waals surface area contributed by atoms with Crippen molar-refractivity contribution >= 4 is 23.9 Å². The molecule has 0 atom stereocenters. The normalized spacial score (nSPS) is 12.7. The smallest absolute Gasteiger partial charge is 0.339 e. The summed E-state index contributed by atoms with van der Waals surface area (Å²) in [5.74, 6) is -3.52. The van der Waals surface area contributed by atoms with Gasteiger partial charge in [0.05, 0.1) is 50.2 Å². The summed E-state index contributed by atoms with van der Waals surface area (Å²) in [6.45, 7) is 0.102. The van der Waals surface area contributed by atoms with Crippen LogP contribution in [-0.2, 0) is 25.4 Å². The highest BCUT2D eigenvalue weighted by Crippen LogP contribution is 2.29. The number of fused-ring (bicyclic) bond motifs is 1. The Morgan fingerprint density at radius 1 is 0.957 bits per heavy atom. The molecule has 0 aromatic heterocycles. The van der Waals surface area contributed by atoms with Crippen LogP contribution in [0.5, 0.6) is 0 Å². The van der Waals surface area contributed by atoms with E-state index in [2.05, 4.69) is 14.2 Å². The van der Waals surface area contributed by atoms with Crippen LogP contribution in [0.25, 0.3) is 0 Å². The van der Waals surface area contributed by atoms with Gasteiger partial charge in [0.25, 0.3) is 0 Å². The number of cyclic esters (lactones) is 1. The maximum absolute atomic E-state index is 12.1. The van der Waals surface area contributed by atoms with Crippen molar-refractivity contribution in [2.24, 2.45) is 0 Å². The van der Waals surface area contributed by atoms with Gasteiger partial charge in [-0.1, -0.05) is 0 Å². The quantitative estimate of drug-likeness (QED) is 0.593. The SMILES string of the molecule is COC(=O)c1cc2c(c(C(=O)OC)c1C(=O)OC)C(=O)OCC2. The number of benzene rings is 1. The molecule has 0 bridgehead atoms. The Labute approximate surface area is 131 Å². The first-order chi connectivity index (χ1) is 11.0. The molecular weight excluding hydrogens is 308 g/mol. The first-order valence-corrected chi connectivity index (χ1v) is 6.58. The summed E-state index contributed by atoms with van der Waals surface area (Å²) >= 11 is 0. The highest BCUT2D eigenvalue weighted by Gasteiger charge is 2.35. The number of ether oxygens (including phenoxy) is 4. The van der Waals surface area contributed by atoms with Crippen molar-refractivity contribution < 1.29 is 38.1 Å².